The number of aromatic nitrogens is 2. The second-order valence-electron chi connectivity index (χ2n) is 8.16. The molecule has 0 bridgehead atoms. The van der Waals surface area contributed by atoms with Gasteiger partial charge >= 0.3 is 0 Å². The third-order valence-electron chi connectivity index (χ3n) is 6.22. The van der Waals surface area contributed by atoms with Crippen LogP contribution in [0.1, 0.15) is 51.7 Å². The molecule has 3 aromatic rings. The Kier molecular flexibility index (Phi) is 6.69. The van der Waals surface area contributed by atoms with Gasteiger partial charge in [0.2, 0.25) is 0 Å². The third-order valence-corrected chi connectivity index (χ3v) is 6.22. The zero-order valence-electron chi connectivity index (χ0n) is 18.7. The van der Waals surface area contributed by atoms with E-state index in [0.29, 0.717) is 43.6 Å². The minimum Gasteiger partial charge on any atom is -0.497 e. The van der Waals surface area contributed by atoms with Crippen molar-refractivity contribution in [2.24, 2.45) is 5.92 Å². The molecule has 0 aliphatic carbocycles. The third kappa shape index (κ3) is 4.59. The van der Waals surface area contributed by atoms with Crippen LogP contribution >= 0.6 is 0 Å². The van der Waals surface area contributed by atoms with E-state index in [9.17, 15) is 9.59 Å². The monoisotopic (exact) mass is 431 g/mol. The van der Waals surface area contributed by atoms with Gasteiger partial charge in [0.25, 0.3) is 5.91 Å². The van der Waals surface area contributed by atoms with Gasteiger partial charge in [-0.05, 0) is 49.1 Å². The van der Waals surface area contributed by atoms with Crippen molar-refractivity contribution in [3.05, 3.63) is 83.2 Å². The van der Waals surface area contributed by atoms with E-state index < -0.39 is 0 Å². The first kappa shape index (κ1) is 21.8. The summed E-state index contributed by atoms with van der Waals surface area (Å²) in [5, 5.41) is 4.50. The average molecular weight is 432 g/mol. The lowest BCUT2D eigenvalue weighted by molar-refractivity contribution is 0.0649. The van der Waals surface area contributed by atoms with Crippen LogP contribution in [0, 0.1) is 5.92 Å². The SMILES string of the molecule is CCc1c(C(=O)N2CCC(C(=O)c3ccc(OC)cc3)CC2)cnn1Cc1ccccc1. The van der Waals surface area contributed by atoms with E-state index in [1.54, 1.807) is 13.3 Å². The van der Waals surface area contributed by atoms with Crippen molar-refractivity contribution in [1.82, 2.24) is 14.7 Å². The maximum atomic E-state index is 13.2. The second-order valence-corrected chi connectivity index (χ2v) is 8.16. The summed E-state index contributed by atoms with van der Waals surface area (Å²) in [5.41, 5.74) is 3.48. The van der Waals surface area contributed by atoms with E-state index in [1.807, 2.05) is 52.0 Å². The van der Waals surface area contributed by atoms with Crippen LogP contribution in [-0.4, -0.2) is 46.6 Å². The van der Waals surface area contributed by atoms with E-state index in [2.05, 4.69) is 24.2 Å². The number of carbonyl (C=O) groups is 2. The van der Waals surface area contributed by atoms with Gasteiger partial charge in [-0.25, -0.2) is 0 Å². The molecular weight excluding hydrogens is 402 g/mol. The summed E-state index contributed by atoms with van der Waals surface area (Å²) in [5.74, 6) is 0.835. The molecular formula is C26H29N3O3. The van der Waals surface area contributed by atoms with Crippen molar-refractivity contribution < 1.29 is 14.3 Å². The number of amides is 1. The number of hydrogen-bond acceptors (Lipinski definition) is 4. The molecule has 0 atom stereocenters. The van der Waals surface area contributed by atoms with Gasteiger partial charge in [-0.15, -0.1) is 0 Å². The highest BCUT2D eigenvalue weighted by atomic mass is 16.5. The fraction of sp³-hybridized carbons (Fsp3) is 0.346. The maximum Gasteiger partial charge on any atom is 0.257 e. The summed E-state index contributed by atoms with van der Waals surface area (Å²) in [4.78, 5) is 28.0. The molecule has 1 aliphatic rings. The number of Topliss-reactive ketones (excluding diaryl/α,β-unsaturated/α-hetero) is 1. The molecule has 1 aliphatic heterocycles. The van der Waals surface area contributed by atoms with Crippen LogP contribution in [0.2, 0.25) is 0 Å². The number of methoxy groups -OCH3 is 1. The normalized spacial score (nSPS) is 14.4. The van der Waals surface area contributed by atoms with Crippen molar-refractivity contribution >= 4 is 11.7 Å². The molecule has 166 valence electrons. The van der Waals surface area contributed by atoms with E-state index >= 15 is 0 Å². The molecule has 2 heterocycles. The van der Waals surface area contributed by atoms with Crippen LogP contribution in [0.3, 0.4) is 0 Å². The Hall–Kier alpha value is -3.41. The highest BCUT2D eigenvalue weighted by Crippen LogP contribution is 2.25. The molecule has 2 aromatic carbocycles. The highest BCUT2D eigenvalue weighted by molar-refractivity contribution is 5.98. The lowest BCUT2D eigenvalue weighted by Gasteiger charge is -2.31. The molecule has 6 heteroatoms. The van der Waals surface area contributed by atoms with Gasteiger partial charge in [0.05, 0.1) is 31.1 Å². The molecule has 1 aromatic heterocycles. The fourth-order valence-corrected chi connectivity index (χ4v) is 4.36. The zero-order valence-corrected chi connectivity index (χ0v) is 18.7. The van der Waals surface area contributed by atoms with Gasteiger partial charge in [-0.1, -0.05) is 37.3 Å². The number of piperidine rings is 1. The van der Waals surface area contributed by atoms with E-state index in [1.165, 1.54) is 0 Å². The second kappa shape index (κ2) is 9.81. The number of ketones is 1. The summed E-state index contributed by atoms with van der Waals surface area (Å²) in [6.07, 6.45) is 3.78. The summed E-state index contributed by atoms with van der Waals surface area (Å²) in [6, 6.07) is 17.4. The number of rotatable bonds is 7. The molecule has 1 saturated heterocycles. The van der Waals surface area contributed by atoms with Crippen LogP contribution in [0.5, 0.6) is 5.75 Å². The number of carbonyl (C=O) groups excluding carboxylic acids is 2. The van der Waals surface area contributed by atoms with Gasteiger partial charge < -0.3 is 9.64 Å². The van der Waals surface area contributed by atoms with Crippen molar-refractivity contribution in [3.63, 3.8) is 0 Å². The maximum absolute atomic E-state index is 13.2. The Labute approximate surface area is 188 Å². The van der Waals surface area contributed by atoms with Crippen LogP contribution in [0.15, 0.2) is 60.8 Å². The Morgan fingerprint density at radius 1 is 1.03 bits per heavy atom. The molecule has 0 N–H and O–H groups in total. The smallest absolute Gasteiger partial charge is 0.257 e. The molecule has 32 heavy (non-hydrogen) atoms. The van der Waals surface area contributed by atoms with Crippen LogP contribution in [0.4, 0.5) is 0 Å². The Bertz CT molecular complexity index is 1070. The van der Waals surface area contributed by atoms with Crippen molar-refractivity contribution in [3.8, 4) is 5.75 Å². The molecule has 0 unspecified atom stereocenters. The first-order valence-electron chi connectivity index (χ1n) is 11.2. The lowest BCUT2D eigenvalue weighted by Crippen LogP contribution is -2.40. The predicted molar refractivity (Wildman–Crippen MR) is 123 cm³/mol. The number of nitrogens with zero attached hydrogens (tertiary/aromatic N) is 3. The number of hydrogen-bond donors (Lipinski definition) is 0. The van der Waals surface area contributed by atoms with E-state index in [4.69, 9.17) is 4.74 Å². The van der Waals surface area contributed by atoms with Gasteiger partial charge in [0.15, 0.2) is 5.78 Å². The minimum atomic E-state index is -0.0566. The molecule has 0 spiro atoms. The van der Waals surface area contributed by atoms with Gasteiger partial charge in [0, 0.05) is 24.6 Å². The minimum absolute atomic E-state index is 0.0107. The number of likely N-dealkylation sites (tertiary alicyclic amines) is 1. The van der Waals surface area contributed by atoms with Crippen molar-refractivity contribution in [2.75, 3.05) is 20.2 Å². The Morgan fingerprint density at radius 3 is 2.34 bits per heavy atom. The van der Waals surface area contributed by atoms with E-state index in [0.717, 1.165) is 23.4 Å². The van der Waals surface area contributed by atoms with Gasteiger partial charge in [0.1, 0.15) is 5.75 Å². The average Bonchev–Trinajstić information content (AvgIpc) is 3.26. The highest BCUT2D eigenvalue weighted by Gasteiger charge is 2.30. The molecule has 0 radical (unpaired) electrons. The van der Waals surface area contributed by atoms with Crippen molar-refractivity contribution in [2.45, 2.75) is 32.7 Å². The van der Waals surface area contributed by atoms with Crippen LogP contribution in [-0.2, 0) is 13.0 Å². The first-order chi connectivity index (χ1) is 15.6. The predicted octanol–water partition coefficient (Wildman–Crippen LogP) is 4.24. The molecule has 6 nitrogen and oxygen atoms in total. The first-order valence-corrected chi connectivity index (χ1v) is 11.2. The fourth-order valence-electron chi connectivity index (χ4n) is 4.36. The number of benzene rings is 2. The van der Waals surface area contributed by atoms with Gasteiger partial charge in [-0.3, -0.25) is 14.3 Å². The van der Waals surface area contributed by atoms with Crippen LogP contribution < -0.4 is 4.74 Å². The Morgan fingerprint density at radius 2 is 1.72 bits per heavy atom. The summed E-state index contributed by atoms with van der Waals surface area (Å²) in [7, 11) is 1.61. The zero-order chi connectivity index (χ0) is 22.5. The standard InChI is InChI=1S/C26H29N3O3/c1-3-24-23(17-27-29(24)18-19-7-5-4-6-8-19)26(31)28-15-13-21(14-16-28)25(30)20-9-11-22(32-2)12-10-20/h4-12,17,21H,3,13-16,18H2,1-2H3. The quantitative estimate of drug-likeness (QED) is 0.525. The summed E-state index contributed by atoms with van der Waals surface area (Å²) >= 11 is 0. The van der Waals surface area contributed by atoms with Crippen molar-refractivity contribution in [1.29, 1.82) is 0 Å². The topological polar surface area (TPSA) is 64.4 Å². The number of ether oxygens (including phenoxy) is 1. The Balaban J connectivity index is 1.40. The van der Waals surface area contributed by atoms with Gasteiger partial charge in [-0.2, -0.15) is 5.10 Å². The van der Waals surface area contributed by atoms with E-state index in [-0.39, 0.29) is 17.6 Å². The largest absolute Gasteiger partial charge is 0.497 e. The summed E-state index contributed by atoms with van der Waals surface area (Å²) in [6.45, 7) is 3.86. The summed E-state index contributed by atoms with van der Waals surface area (Å²) < 4.78 is 7.09. The molecule has 1 fully saturated rings. The lowest BCUT2D eigenvalue weighted by atomic mass is 9.88. The molecule has 4 rings (SSSR count). The molecule has 0 saturated carbocycles. The van der Waals surface area contributed by atoms with Crippen LogP contribution in [0.25, 0.3) is 0 Å². The molecule has 1 amide bonds.